The fourth-order valence-corrected chi connectivity index (χ4v) is 2.51. The van der Waals surface area contributed by atoms with Crippen molar-refractivity contribution < 1.29 is 4.74 Å². The zero-order valence-electron chi connectivity index (χ0n) is 12.6. The van der Waals surface area contributed by atoms with Crippen LogP contribution < -0.4 is 4.74 Å². The lowest BCUT2D eigenvalue weighted by Gasteiger charge is -2.07. The topological polar surface area (TPSA) is 9.23 Å². The first-order valence-corrected chi connectivity index (χ1v) is 8.02. The van der Waals surface area contributed by atoms with Crippen LogP contribution in [0.1, 0.15) is 51.9 Å². The Morgan fingerprint density at radius 2 is 1.45 bits per heavy atom. The Morgan fingerprint density at radius 1 is 0.750 bits per heavy atom. The average Bonchev–Trinajstić information content (AvgIpc) is 2.50. The Kier molecular flexibility index (Phi) is 6.43. The number of unbranched alkanes of at least 4 members (excludes halogenated alkanes) is 6. The third-order valence-electron chi connectivity index (χ3n) is 3.74. The lowest BCUT2D eigenvalue weighted by molar-refractivity contribution is 0.304. The summed E-state index contributed by atoms with van der Waals surface area (Å²) in [7, 11) is 0. The molecule has 0 aliphatic carbocycles. The van der Waals surface area contributed by atoms with Gasteiger partial charge in [0.25, 0.3) is 0 Å². The molecular formula is C19H26O. The molecule has 0 aromatic heterocycles. The molecule has 1 heteroatoms. The third-order valence-corrected chi connectivity index (χ3v) is 3.74. The highest BCUT2D eigenvalue weighted by molar-refractivity contribution is 5.83. The fourth-order valence-electron chi connectivity index (χ4n) is 2.51. The van der Waals surface area contributed by atoms with Gasteiger partial charge in [0.2, 0.25) is 0 Å². The van der Waals surface area contributed by atoms with Crippen molar-refractivity contribution in [1.82, 2.24) is 0 Å². The predicted molar refractivity (Wildman–Crippen MR) is 87.4 cm³/mol. The van der Waals surface area contributed by atoms with Crippen molar-refractivity contribution in [1.29, 1.82) is 0 Å². The van der Waals surface area contributed by atoms with E-state index in [-0.39, 0.29) is 0 Å². The molecule has 0 bridgehead atoms. The fraction of sp³-hybridized carbons (Fsp3) is 0.474. The van der Waals surface area contributed by atoms with E-state index >= 15 is 0 Å². The maximum absolute atomic E-state index is 5.84. The Labute approximate surface area is 123 Å². The van der Waals surface area contributed by atoms with E-state index < -0.39 is 0 Å². The van der Waals surface area contributed by atoms with Gasteiger partial charge in [-0.15, -0.1) is 0 Å². The van der Waals surface area contributed by atoms with E-state index in [1.54, 1.807) is 0 Å². The molecular weight excluding hydrogens is 244 g/mol. The number of fused-ring (bicyclic) bond motifs is 1. The van der Waals surface area contributed by atoms with Gasteiger partial charge in [0, 0.05) is 0 Å². The molecule has 2 rings (SSSR count). The molecule has 0 radical (unpaired) electrons. The number of hydrogen-bond acceptors (Lipinski definition) is 1. The number of ether oxygens (including phenoxy) is 1. The van der Waals surface area contributed by atoms with Crippen LogP contribution in [0.15, 0.2) is 42.5 Å². The van der Waals surface area contributed by atoms with Crippen molar-refractivity contribution in [3.05, 3.63) is 42.5 Å². The molecule has 2 aromatic rings. The van der Waals surface area contributed by atoms with Crippen LogP contribution in [0.25, 0.3) is 10.8 Å². The molecule has 0 fully saturated rings. The van der Waals surface area contributed by atoms with E-state index in [1.807, 2.05) is 0 Å². The monoisotopic (exact) mass is 270 g/mol. The second-order valence-corrected chi connectivity index (χ2v) is 5.48. The van der Waals surface area contributed by atoms with Crippen LogP contribution in [0, 0.1) is 0 Å². The van der Waals surface area contributed by atoms with Crippen LogP contribution in [-0.2, 0) is 0 Å². The van der Waals surface area contributed by atoms with Crippen molar-refractivity contribution in [3.63, 3.8) is 0 Å². The number of benzene rings is 2. The van der Waals surface area contributed by atoms with Crippen molar-refractivity contribution in [2.24, 2.45) is 0 Å². The zero-order valence-corrected chi connectivity index (χ0v) is 12.6. The third kappa shape index (κ3) is 4.88. The van der Waals surface area contributed by atoms with E-state index in [9.17, 15) is 0 Å². The molecule has 0 amide bonds. The first kappa shape index (κ1) is 14.9. The molecule has 0 aliphatic heterocycles. The van der Waals surface area contributed by atoms with Gasteiger partial charge in [0.05, 0.1) is 6.61 Å². The molecule has 0 saturated carbocycles. The van der Waals surface area contributed by atoms with Gasteiger partial charge in [-0.05, 0) is 29.3 Å². The number of hydrogen-bond donors (Lipinski definition) is 0. The molecule has 2 aromatic carbocycles. The lowest BCUT2D eigenvalue weighted by Crippen LogP contribution is -1.97. The summed E-state index contributed by atoms with van der Waals surface area (Å²) in [6.07, 6.45) is 9.28. The van der Waals surface area contributed by atoms with Crippen molar-refractivity contribution >= 4 is 10.8 Å². The minimum atomic E-state index is 0.839. The van der Waals surface area contributed by atoms with Crippen molar-refractivity contribution in [2.45, 2.75) is 51.9 Å². The summed E-state index contributed by atoms with van der Waals surface area (Å²) >= 11 is 0. The highest BCUT2D eigenvalue weighted by Gasteiger charge is 1.97. The molecule has 1 nitrogen and oxygen atoms in total. The maximum Gasteiger partial charge on any atom is 0.119 e. The first-order valence-electron chi connectivity index (χ1n) is 8.02. The summed E-state index contributed by atoms with van der Waals surface area (Å²) in [4.78, 5) is 0. The zero-order chi connectivity index (χ0) is 14.0. The summed E-state index contributed by atoms with van der Waals surface area (Å²) in [5, 5.41) is 2.53. The molecule has 0 spiro atoms. The molecule has 20 heavy (non-hydrogen) atoms. The standard InChI is InChI=1S/C19H26O/c1-2-3-4-5-6-7-10-15-20-19-14-13-17-11-8-9-12-18(17)16-19/h8-9,11-14,16H,2-7,10,15H2,1H3. The summed E-state index contributed by atoms with van der Waals surface area (Å²) in [6.45, 7) is 3.10. The normalized spacial score (nSPS) is 10.8. The Balaban J connectivity index is 1.65. The van der Waals surface area contributed by atoms with E-state index in [2.05, 4.69) is 49.4 Å². The van der Waals surface area contributed by atoms with Gasteiger partial charge in [0.1, 0.15) is 5.75 Å². The molecule has 0 saturated heterocycles. The van der Waals surface area contributed by atoms with E-state index in [1.165, 1.54) is 55.7 Å². The quantitative estimate of drug-likeness (QED) is 0.510. The maximum atomic E-state index is 5.84. The van der Waals surface area contributed by atoms with Crippen LogP contribution >= 0.6 is 0 Å². The van der Waals surface area contributed by atoms with Crippen molar-refractivity contribution in [2.75, 3.05) is 6.61 Å². The minimum absolute atomic E-state index is 0.839. The summed E-state index contributed by atoms with van der Waals surface area (Å²) in [6, 6.07) is 14.8. The lowest BCUT2D eigenvalue weighted by atomic mass is 10.1. The second kappa shape index (κ2) is 8.63. The van der Waals surface area contributed by atoms with E-state index in [4.69, 9.17) is 4.74 Å². The molecule has 108 valence electrons. The van der Waals surface area contributed by atoms with Gasteiger partial charge in [-0.3, -0.25) is 0 Å². The average molecular weight is 270 g/mol. The molecule has 0 N–H and O–H groups in total. The van der Waals surface area contributed by atoms with Gasteiger partial charge in [-0.25, -0.2) is 0 Å². The number of rotatable bonds is 9. The van der Waals surface area contributed by atoms with Crippen LogP contribution in [0.5, 0.6) is 5.75 Å². The van der Waals surface area contributed by atoms with Gasteiger partial charge < -0.3 is 4.74 Å². The van der Waals surface area contributed by atoms with Gasteiger partial charge in [-0.1, -0.05) is 75.8 Å². The van der Waals surface area contributed by atoms with Crippen LogP contribution in [-0.4, -0.2) is 6.61 Å². The summed E-state index contributed by atoms with van der Waals surface area (Å²) in [5.41, 5.74) is 0. The second-order valence-electron chi connectivity index (χ2n) is 5.48. The van der Waals surface area contributed by atoms with E-state index in [0.29, 0.717) is 0 Å². The molecule has 0 aliphatic rings. The highest BCUT2D eigenvalue weighted by atomic mass is 16.5. The molecule has 0 heterocycles. The Morgan fingerprint density at radius 3 is 2.25 bits per heavy atom. The smallest absolute Gasteiger partial charge is 0.119 e. The van der Waals surface area contributed by atoms with Crippen LogP contribution in [0.3, 0.4) is 0 Å². The van der Waals surface area contributed by atoms with Gasteiger partial charge >= 0.3 is 0 Å². The summed E-state index contributed by atoms with van der Waals surface area (Å²) in [5.74, 6) is 0.995. The first-order chi connectivity index (χ1) is 9.90. The van der Waals surface area contributed by atoms with E-state index in [0.717, 1.165) is 12.4 Å². The Hall–Kier alpha value is -1.50. The predicted octanol–water partition coefficient (Wildman–Crippen LogP) is 5.97. The Bertz CT molecular complexity index is 504. The van der Waals surface area contributed by atoms with Crippen LogP contribution in [0.4, 0.5) is 0 Å². The molecule has 0 unspecified atom stereocenters. The molecule has 0 atom stereocenters. The SMILES string of the molecule is CCCCCCCCCOc1ccc2ccccc2c1. The van der Waals surface area contributed by atoms with Crippen LogP contribution in [0.2, 0.25) is 0 Å². The van der Waals surface area contributed by atoms with Gasteiger partial charge in [-0.2, -0.15) is 0 Å². The largest absolute Gasteiger partial charge is 0.494 e. The highest BCUT2D eigenvalue weighted by Crippen LogP contribution is 2.20. The minimum Gasteiger partial charge on any atom is -0.494 e. The van der Waals surface area contributed by atoms with Crippen molar-refractivity contribution in [3.8, 4) is 5.75 Å². The van der Waals surface area contributed by atoms with Gasteiger partial charge in [0.15, 0.2) is 0 Å². The summed E-state index contributed by atoms with van der Waals surface area (Å²) < 4.78 is 5.84.